The number of carbonyl (C=O) groups excluding carboxylic acids is 3. The lowest BCUT2D eigenvalue weighted by Crippen LogP contribution is -2.45. The molecule has 33 heavy (non-hydrogen) atoms. The van der Waals surface area contributed by atoms with E-state index in [4.69, 9.17) is 11.6 Å². The van der Waals surface area contributed by atoms with Crippen LogP contribution in [0, 0.1) is 35.5 Å². The van der Waals surface area contributed by atoms with Gasteiger partial charge in [0.1, 0.15) is 6.67 Å². The lowest BCUT2D eigenvalue weighted by atomic mass is 9.63. The lowest BCUT2D eigenvalue weighted by Gasteiger charge is -2.37. The molecule has 2 aromatic rings. The largest absolute Gasteiger partial charge is 0.290 e. The Kier molecular flexibility index (Phi) is 4.73. The van der Waals surface area contributed by atoms with Crippen LogP contribution in [0.2, 0.25) is 5.02 Å². The summed E-state index contributed by atoms with van der Waals surface area (Å²) < 4.78 is 0. The quantitative estimate of drug-likeness (QED) is 0.485. The fourth-order valence-corrected chi connectivity index (χ4v) is 6.47. The van der Waals surface area contributed by atoms with Crippen LogP contribution in [0.5, 0.6) is 0 Å². The summed E-state index contributed by atoms with van der Waals surface area (Å²) in [6, 6.07) is 14.5. The summed E-state index contributed by atoms with van der Waals surface area (Å²) in [6.45, 7) is 1.97. The van der Waals surface area contributed by atoms with E-state index in [0.29, 0.717) is 28.1 Å². The number of allylic oxidation sites excluding steroid dienone is 2. The van der Waals surface area contributed by atoms with Gasteiger partial charge in [-0.3, -0.25) is 24.2 Å². The highest BCUT2D eigenvalue weighted by Crippen LogP contribution is 2.65. The van der Waals surface area contributed by atoms with Crippen molar-refractivity contribution in [2.24, 2.45) is 35.5 Å². The Morgan fingerprint density at radius 3 is 2.15 bits per heavy atom. The molecule has 0 spiro atoms. The number of nitrogens with zero attached hydrogens (tertiary/aromatic N) is 2. The summed E-state index contributed by atoms with van der Waals surface area (Å²) in [7, 11) is 0. The Hall–Kier alpha value is -2.92. The Balaban J connectivity index is 1.35. The first-order chi connectivity index (χ1) is 16.0. The number of hydrogen-bond donors (Lipinski definition) is 0. The van der Waals surface area contributed by atoms with Gasteiger partial charge in [-0.1, -0.05) is 54.9 Å². The Morgan fingerprint density at radius 2 is 1.58 bits per heavy atom. The van der Waals surface area contributed by atoms with E-state index in [9.17, 15) is 14.4 Å². The molecule has 0 N–H and O–H groups in total. The molecule has 2 aromatic carbocycles. The first-order valence-corrected chi connectivity index (χ1v) is 12.1. The number of benzene rings is 2. The van der Waals surface area contributed by atoms with E-state index in [1.54, 1.807) is 24.3 Å². The summed E-state index contributed by atoms with van der Waals surface area (Å²) in [5.74, 6) is 0.219. The molecule has 4 aliphatic carbocycles. The maximum atomic E-state index is 13.6. The van der Waals surface area contributed by atoms with Gasteiger partial charge in [-0.2, -0.15) is 0 Å². The molecule has 2 bridgehead atoms. The summed E-state index contributed by atoms with van der Waals surface area (Å²) in [5.41, 5.74) is 2.12. The van der Waals surface area contributed by atoms with Gasteiger partial charge >= 0.3 is 0 Å². The third kappa shape index (κ3) is 3.09. The number of imide groups is 1. The minimum atomic E-state index is -0.329. The molecule has 2 saturated carbocycles. The molecule has 3 fully saturated rings. The molecular weight excluding hydrogens is 436 g/mol. The predicted molar refractivity (Wildman–Crippen MR) is 125 cm³/mol. The minimum absolute atomic E-state index is 0.102. The van der Waals surface area contributed by atoms with Crippen LogP contribution in [0.1, 0.15) is 29.3 Å². The average Bonchev–Trinajstić information content (AvgIpc) is 3.62. The summed E-state index contributed by atoms with van der Waals surface area (Å²) in [4.78, 5) is 43.4. The minimum Gasteiger partial charge on any atom is -0.290 e. The van der Waals surface area contributed by atoms with Crippen LogP contribution in [0.25, 0.3) is 0 Å². The van der Waals surface area contributed by atoms with E-state index >= 15 is 0 Å². The first kappa shape index (κ1) is 20.7. The number of amides is 3. The monoisotopic (exact) mass is 460 g/mol. The topological polar surface area (TPSA) is 57.7 Å². The van der Waals surface area contributed by atoms with Crippen LogP contribution in [-0.4, -0.2) is 29.3 Å². The molecule has 5 aliphatic rings. The molecular formula is C27H25ClN2O3. The highest BCUT2D eigenvalue weighted by Gasteiger charge is 2.67. The highest BCUT2D eigenvalue weighted by molar-refractivity contribution is 6.34. The average molecular weight is 461 g/mol. The molecule has 7 rings (SSSR count). The number of halogens is 1. The molecule has 1 aliphatic heterocycles. The van der Waals surface area contributed by atoms with Crippen LogP contribution in [-0.2, 0) is 16.0 Å². The van der Waals surface area contributed by atoms with Crippen molar-refractivity contribution in [3.8, 4) is 0 Å². The van der Waals surface area contributed by atoms with E-state index in [1.165, 1.54) is 9.80 Å². The SMILES string of the molecule is CCc1ccc(N(CN2C(=O)[C@@H]3[C@H]4C=C[C@@H]([C@@H]5C[C@H]45)[C@@H]3C2=O)C(=O)c2ccccc2Cl)cc1. The smallest absolute Gasteiger partial charge is 0.261 e. The van der Waals surface area contributed by atoms with Gasteiger partial charge in [-0.15, -0.1) is 0 Å². The fourth-order valence-electron chi connectivity index (χ4n) is 6.25. The third-order valence-corrected chi connectivity index (χ3v) is 8.37. The standard InChI is InChI=1S/C27H25ClN2O3/c1-2-15-7-9-16(10-8-15)29(25(31)19-5-3-4-6-22(19)28)14-30-26(32)23-17-11-12-18(21-13-20(17)21)24(23)27(30)33/h3-12,17-18,20-21,23-24H,2,13-14H2,1H3/t17-,18-,20-,21+,23-,24+/m0/s1. The van der Waals surface area contributed by atoms with E-state index in [1.807, 2.05) is 24.3 Å². The maximum absolute atomic E-state index is 13.6. The van der Waals surface area contributed by atoms with Crippen LogP contribution in [0.3, 0.4) is 0 Å². The summed E-state index contributed by atoms with van der Waals surface area (Å²) in [6.07, 6.45) is 6.32. The second kappa shape index (κ2) is 7.56. The molecule has 1 heterocycles. The predicted octanol–water partition coefficient (Wildman–Crippen LogP) is 4.56. The van der Waals surface area contributed by atoms with Crippen molar-refractivity contribution in [2.45, 2.75) is 19.8 Å². The number of carbonyl (C=O) groups is 3. The van der Waals surface area contributed by atoms with Gasteiger partial charge in [0.2, 0.25) is 11.8 Å². The molecule has 1 saturated heterocycles. The van der Waals surface area contributed by atoms with Crippen molar-refractivity contribution in [1.82, 2.24) is 4.90 Å². The second-order valence-electron chi connectivity index (χ2n) is 9.63. The van der Waals surface area contributed by atoms with Crippen LogP contribution in [0.15, 0.2) is 60.7 Å². The molecule has 6 atom stereocenters. The van der Waals surface area contributed by atoms with Crippen molar-refractivity contribution in [2.75, 3.05) is 11.6 Å². The molecule has 6 heteroatoms. The summed E-state index contributed by atoms with van der Waals surface area (Å²) in [5, 5.41) is 0.341. The number of rotatable bonds is 5. The Labute approximate surface area is 198 Å². The number of hydrogen-bond acceptors (Lipinski definition) is 3. The van der Waals surface area contributed by atoms with Crippen molar-refractivity contribution in [1.29, 1.82) is 0 Å². The zero-order valence-electron chi connectivity index (χ0n) is 18.4. The zero-order chi connectivity index (χ0) is 22.9. The zero-order valence-corrected chi connectivity index (χ0v) is 19.1. The normalized spacial score (nSPS) is 30.9. The second-order valence-corrected chi connectivity index (χ2v) is 10.0. The summed E-state index contributed by atoms with van der Waals surface area (Å²) >= 11 is 6.34. The van der Waals surface area contributed by atoms with Crippen LogP contribution < -0.4 is 4.90 Å². The fraction of sp³-hybridized carbons (Fsp3) is 0.370. The van der Waals surface area contributed by atoms with E-state index < -0.39 is 0 Å². The van der Waals surface area contributed by atoms with E-state index in [0.717, 1.165) is 18.4 Å². The first-order valence-electron chi connectivity index (χ1n) is 11.7. The molecule has 0 aromatic heterocycles. The van der Waals surface area contributed by atoms with Gasteiger partial charge in [-0.05, 0) is 66.3 Å². The molecule has 5 nitrogen and oxygen atoms in total. The van der Waals surface area contributed by atoms with Crippen LogP contribution >= 0.6 is 11.6 Å². The van der Waals surface area contributed by atoms with Gasteiger partial charge in [0.05, 0.1) is 22.4 Å². The van der Waals surface area contributed by atoms with Crippen LogP contribution in [0.4, 0.5) is 5.69 Å². The van der Waals surface area contributed by atoms with Crippen molar-refractivity contribution in [3.63, 3.8) is 0 Å². The third-order valence-electron chi connectivity index (χ3n) is 8.04. The van der Waals surface area contributed by atoms with Gasteiger partial charge < -0.3 is 0 Å². The van der Waals surface area contributed by atoms with Gasteiger partial charge in [0.25, 0.3) is 5.91 Å². The lowest BCUT2D eigenvalue weighted by molar-refractivity contribution is -0.140. The molecule has 0 radical (unpaired) electrons. The molecule has 168 valence electrons. The van der Waals surface area contributed by atoms with Crippen molar-refractivity contribution < 1.29 is 14.4 Å². The van der Waals surface area contributed by atoms with Crippen molar-refractivity contribution in [3.05, 3.63) is 76.8 Å². The van der Waals surface area contributed by atoms with Gasteiger partial charge in [0.15, 0.2) is 0 Å². The Bertz CT molecular complexity index is 1150. The van der Waals surface area contributed by atoms with Gasteiger partial charge in [-0.25, -0.2) is 0 Å². The highest BCUT2D eigenvalue weighted by atomic mass is 35.5. The van der Waals surface area contributed by atoms with Gasteiger partial charge in [0, 0.05) is 5.69 Å². The number of likely N-dealkylation sites (tertiary alicyclic amines) is 1. The Morgan fingerprint density at radius 1 is 0.970 bits per heavy atom. The molecule has 0 unspecified atom stereocenters. The van der Waals surface area contributed by atoms with E-state index in [2.05, 4.69) is 19.1 Å². The number of aryl methyl sites for hydroxylation is 1. The van der Waals surface area contributed by atoms with E-state index in [-0.39, 0.29) is 48.1 Å². The molecule has 3 amide bonds. The van der Waals surface area contributed by atoms with Crippen molar-refractivity contribution >= 4 is 35.0 Å². The number of anilines is 1. The maximum Gasteiger partial charge on any atom is 0.261 e.